The van der Waals surface area contributed by atoms with Gasteiger partial charge in [-0.25, -0.2) is 0 Å². The van der Waals surface area contributed by atoms with Gasteiger partial charge in [0.15, 0.2) is 5.58 Å². The fraction of sp³-hybridized carbons (Fsp3) is 0.211. The molecular weight excluding hydrogens is 286 g/mol. The lowest BCUT2D eigenvalue weighted by Crippen LogP contribution is -2.25. The molecule has 0 saturated carbocycles. The van der Waals surface area contributed by atoms with Crippen molar-refractivity contribution in [1.82, 2.24) is 4.98 Å². The lowest BCUT2D eigenvalue weighted by Gasteiger charge is -2.23. The number of benzene rings is 2. The molecule has 0 unspecified atom stereocenters. The molecule has 1 aliphatic heterocycles. The second-order valence-electron chi connectivity index (χ2n) is 6.09. The van der Waals surface area contributed by atoms with Crippen LogP contribution >= 0.6 is 0 Å². The molecule has 4 heteroatoms. The summed E-state index contributed by atoms with van der Waals surface area (Å²) in [5.41, 5.74) is 6.82. The molecule has 1 aliphatic rings. The van der Waals surface area contributed by atoms with Crippen LogP contribution in [0.3, 0.4) is 0 Å². The van der Waals surface area contributed by atoms with E-state index in [1.54, 1.807) is 0 Å². The van der Waals surface area contributed by atoms with Gasteiger partial charge in [0.2, 0.25) is 0 Å². The van der Waals surface area contributed by atoms with Gasteiger partial charge in [0.25, 0.3) is 0 Å². The summed E-state index contributed by atoms with van der Waals surface area (Å²) in [4.78, 5) is 8.82. The van der Waals surface area contributed by atoms with Crippen LogP contribution in [0.1, 0.15) is 16.7 Å². The third-order valence-corrected chi connectivity index (χ3v) is 4.18. The molecule has 0 amide bonds. The van der Waals surface area contributed by atoms with E-state index in [-0.39, 0.29) is 0 Å². The van der Waals surface area contributed by atoms with Gasteiger partial charge < -0.3 is 9.32 Å². The van der Waals surface area contributed by atoms with Gasteiger partial charge in [-0.15, -0.1) is 0 Å². The summed E-state index contributed by atoms with van der Waals surface area (Å²) >= 11 is 0. The maximum atomic E-state index is 5.85. The molecule has 0 spiro atoms. The molecule has 4 rings (SSSR count). The Morgan fingerprint density at radius 3 is 2.39 bits per heavy atom. The molecule has 23 heavy (non-hydrogen) atoms. The van der Waals surface area contributed by atoms with Gasteiger partial charge in [0.1, 0.15) is 12.2 Å². The highest BCUT2D eigenvalue weighted by atomic mass is 16.4. The van der Waals surface area contributed by atoms with Gasteiger partial charge in [0, 0.05) is 18.1 Å². The minimum absolute atomic E-state index is 0.632. The standard InChI is InChI=1S/C19H19N3O/c1-13-10-14(2)18(15(3)11-13)21-8-9-22(12-21)19-20-16-6-4-5-7-17(16)23-19/h4-11H,12H2,1-3H3. The largest absolute Gasteiger partial charge is 0.423 e. The lowest BCUT2D eigenvalue weighted by atomic mass is 10.0. The van der Waals surface area contributed by atoms with Crippen LogP contribution in [-0.2, 0) is 0 Å². The van der Waals surface area contributed by atoms with Crippen LogP contribution in [-0.4, -0.2) is 11.7 Å². The number of aryl methyl sites for hydroxylation is 3. The Kier molecular flexibility index (Phi) is 3.11. The number of rotatable bonds is 2. The average molecular weight is 305 g/mol. The van der Waals surface area contributed by atoms with Crippen LogP contribution in [0.5, 0.6) is 0 Å². The number of anilines is 2. The number of hydrogen-bond donors (Lipinski definition) is 0. The van der Waals surface area contributed by atoms with Crippen LogP contribution < -0.4 is 9.80 Å². The summed E-state index contributed by atoms with van der Waals surface area (Å²) < 4.78 is 5.85. The molecule has 4 nitrogen and oxygen atoms in total. The maximum Gasteiger partial charge on any atom is 0.304 e. The van der Waals surface area contributed by atoms with E-state index in [1.165, 1.54) is 22.4 Å². The Balaban J connectivity index is 1.64. The van der Waals surface area contributed by atoms with Crippen molar-refractivity contribution < 1.29 is 4.42 Å². The van der Waals surface area contributed by atoms with Crippen molar-refractivity contribution >= 4 is 22.8 Å². The van der Waals surface area contributed by atoms with Gasteiger partial charge in [0.05, 0.1) is 0 Å². The molecule has 0 saturated heterocycles. The molecule has 0 aliphatic carbocycles. The Bertz CT molecular complexity index is 854. The maximum absolute atomic E-state index is 5.85. The van der Waals surface area contributed by atoms with Crippen LogP contribution in [0.2, 0.25) is 0 Å². The minimum atomic E-state index is 0.632. The average Bonchev–Trinajstić information content (AvgIpc) is 3.12. The van der Waals surface area contributed by atoms with Crippen molar-refractivity contribution in [2.24, 2.45) is 0 Å². The van der Waals surface area contributed by atoms with E-state index in [9.17, 15) is 0 Å². The summed E-state index contributed by atoms with van der Waals surface area (Å²) in [6.07, 6.45) is 4.10. The van der Waals surface area contributed by atoms with Crippen molar-refractivity contribution in [2.45, 2.75) is 20.8 Å². The number of oxazole rings is 1. The van der Waals surface area contributed by atoms with Crippen molar-refractivity contribution in [2.75, 3.05) is 16.5 Å². The summed E-state index contributed by atoms with van der Waals surface area (Å²) in [6.45, 7) is 7.16. The third-order valence-electron chi connectivity index (χ3n) is 4.18. The number of aromatic nitrogens is 1. The molecule has 0 bridgehead atoms. The zero-order valence-corrected chi connectivity index (χ0v) is 13.6. The molecule has 3 aromatic rings. The smallest absolute Gasteiger partial charge is 0.304 e. The molecular formula is C19H19N3O. The van der Waals surface area contributed by atoms with Crippen LogP contribution in [0, 0.1) is 20.8 Å². The Morgan fingerprint density at radius 2 is 1.65 bits per heavy atom. The quantitative estimate of drug-likeness (QED) is 0.697. The normalized spacial score (nSPS) is 14.2. The van der Waals surface area contributed by atoms with Gasteiger partial charge in [-0.3, -0.25) is 4.90 Å². The van der Waals surface area contributed by atoms with Gasteiger partial charge in [-0.05, 0) is 44.0 Å². The SMILES string of the molecule is Cc1cc(C)c(N2C=CN(c3nc4ccccc4o3)C2)c(C)c1. The second kappa shape index (κ2) is 5.16. The molecule has 2 heterocycles. The predicted molar refractivity (Wildman–Crippen MR) is 93.6 cm³/mol. The van der Waals surface area contributed by atoms with Crippen LogP contribution in [0.15, 0.2) is 53.2 Å². The highest BCUT2D eigenvalue weighted by Gasteiger charge is 2.21. The molecule has 0 fully saturated rings. The lowest BCUT2D eigenvalue weighted by molar-refractivity contribution is 0.595. The Labute approximate surface area is 135 Å². The zero-order valence-electron chi connectivity index (χ0n) is 13.6. The number of para-hydroxylation sites is 2. The van der Waals surface area contributed by atoms with E-state index in [2.05, 4.69) is 49.0 Å². The van der Waals surface area contributed by atoms with Gasteiger partial charge >= 0.3 is 6.01 Å². The fourth-order valence-corrected chi connectivity index (χ4v) is 3.30. The predicted octanol–water partition coefficient (Wildman–Crippen LogP) is 4.51. The Morgan fingerprint density at radius 1 is 0.957 bits per heavy atom. The summed E-state index contributed by atoms with van der Waals surface area (Å²) in [5.74, 6) is 0. The first kappa shape index (κ1) is 13.9. The topological polar surface area (TPSA) is 32.5 Å². The van der Waals surface area contributed by atoms with Gasteiger partial charge in [-0.2, -0.15) is 4.98 Å². The van der Waals surface area contributed by atoms with Crippen molar-refractivity contribution in [3.63, 3.8) is 0 Å². The van der Waals surface area contributed by atoms with Crippen LogP contribution in [0.25, 0.3) is 11.1 Å². The monoisotopic (exact) mass is 305 g/mol. The molecule has 0 atom stereocenters. The van der Waals surface area contributed by atoms with Gasteiger partial charge in [-0.1, -0.05) is 29.8 Å². The summed E-state index contributed by atoms with van der Waals surface area (Å²) in [6, 6.07) is 12.9. The van der Waals surface area contributed by atoms with E-state index in [1.807, 2.05) is 35.4 Å². The third kappa shape index (κ3) is 2.36. The second-order valence-corrected chi connectivity index (χ2v) is 6.09. The van der Waals surface area contributed by atoms with Crippen molar-refractivity contribution in [3.05, 3.63) is 65.5 Å². The molecule has 2 aromatic carbocycles. The number of fused-ring (bicyclic) bond motifs is 1. The van der Waals surface area contributed by atoms with E-state index >= 15 is 0 Å². The first-order valence-corrected chi connectivity index (χ1v) is 7.77. The molecule has 116 valence electrons. The van der Waals surface area contributed by atoms with Crippen LogP contribution in [0.4, 0.5) is 11.7 Å². The first-order valence-electron chi connectivity index (χ1n) is 7.77. The summed E-state index contributed by atoms with van der Waals surface area (Å²) in [7, 11) is 0. The molecule has 0 N–H and O–H groups in total. The van der Waals surface area contributed by atoms with Crippen molar-refractivity contribution in [1.29, 1.82) is 0 Å². The van der Waals surface area contributed by atoms with E-state index in [0.29, 0.717) is 12.7 Å². The molecule has 0 radical (unpaired) electrons. The minimum Gasteiger partial charge on any atom is -0.423 e. The summed E-state index contributed by atoms with van der Waals surface area (Å²) in [5, 5.41) is 0. The Hall–Kier alpha value is -2.75. The van der Waals surface area contributed by atoms with E-state index < -0.39 is 0 Å². The van der Waals surface area contributed by atoms with Crippen molar-refractivity contribution in [3.8, 4) is 0 Å². The highest BCUT2D eigenvalue weighted by Crippen LogP contribution is 2.31. The number of nitrogens with zero attached hydrogens (tertiary/aromatic N) is 3. The number of hydrogen-bond acceptors (Lipinski definition) is 4. The highest BCUT2D eigenvalue weighted by molar-refractivity contribution is 5.75. The van der Waals surface area contributed by atoms with E-state index in [4.69, 9.17) is 4.42 Å². The molecule has 1 aromatic heterocycles. The first-order chi connectivity index (χ1) is 11.1. The zero-order chi connectivity index (χ0) is 16.0. The fourth-order valence-electron chi connectivity index (χ4n) is 3.30. The van der Waals surface area contributed by atoms with E-state index in [0.717, 1.165) is 11.1 Å².